The fourth-order valence-electron chi connectivity index (χ4n) is 3.11. The van der Waals surface area contributed by atoms with Crippen molar-refractivity contribution in [2.24, 2.45) is 4.99 Å². The van der Waals surface area contributed by atoms with Crippen molar-refractivity contribution < 1.29 is 9.84 Å². The van der Waals surface area contributed by atoms with Gasteiger partial charge in [-0.2, -0.15) is 0 Å². The van der Waals surface area contributed by atoms with Crippen molar-refractivity contribution in [2.45, 2.75) is 51.3 Å². The van der Waals surface area contributed by atoms with E-state index in [1.54, 1.807) is 0 Å². The molecular weight excluding hydrogens is 318 g/mol. The minimum Gasteiger partial charge on any atom is -0.387 e. The summed E-state index contributed by atoms with van der Waals surface area (Å²) in [6.07, 6.45) is 2.64. The summed E-state index contributed by atoms with van der Waals surface area (Å²) in [7, 11) is 2.20. The highest BCUT2D eigenvalue weighted by atomic mass is 16.5. The van der Waals surface area contributed by atoms with Crippen LogP contribution in [0.4, 0.5) is 0 Å². The molecule has 25 heavy (non-hydrogen) atoms. The fraction of sp³-hybridized carbons (Fsp3) is 0.944. The van der Waals surface area contributed by atoms with E-state index in [9.17, 15) is 5.11 Å². The van der Waals surface area contributed by atoms with Gasteiger partial charge in [-0.05, 0) is 40.7 Å². The van der Waals surface area contributed by atoms with Gasteiger partial charge in [0.25, 0.3) is 0 Å². The lowest BCUT2D eigenvalue weighted by molar-refractivity contribution is -0.0180. The van der Waals surface area contributed by atoms with Crippen molar-refractivity contribution in [2.75, 3.05) is 59.5 Å². The number of morpholine rings is 1. The lowest BCUT2D eigenvalue weighted by Gasteiger charge is -2.33. The molecule has 1 saturated heterocycles. The number of hydrogen-bond acceptors (Lipinski definition) is 5. The third-order valence-electron chi connectivity index (χ3n) is 4.97. The van der Waals surface area contributed by atoms with Crippen LogP contribution in [0.5, 0.6) is 0 Å². The number of guanidine groups is 1. The molecule has 1 heterocycles. The zero-order valence-electron chi connectivity index (χ0n) is 16.4. The Morgan fingerprint density at radius 1 is 1.36 bits per heavy atom. The summed E-state index contributed by atoms with van der Waals surface area (Å²) in [5.41, 5.74) is -0.837. The molecule has 7 heteroatoms. The molecule has 0 aromatic heterocycles. The average Bonchev–Trinajstić information content (AvgIpc) is 3.42. The molecule has 1 saturated carbocycles. The molecule has 1 aliphatic carbocycles. The van der Waals surface area contributed by atoms with E-state index in [2.05, 4.69) is 46.3 Å². The number of ether oxygens (including phenoxy) is 1. The summed E-state index contributed by atoms with van der Waals surface area (Å²) < 4.78 is 5.36. The smallest absolute Gasteiger partial charge is 0.191 e. The second-order valence-corrected chi connectivity index (χ2v) is 7.71. The molecule has 7 nitrogen and oxygen atoms in total. The quantitative estimate of drug-likeness (QED) is 0.403. The molecule has 2 aliphatic rings. The fourth-order valence-corrected chi connectivity index (χ4v) is 3.11. The van der Waals surface area contributed by atoms with Crippen molar-refractivity contribution >= 4 is 5.96 Å². The normalized spacial score (nSPS) is 23.4. The number of rotatable bonds is 9. The molecule has 0 amide bonds. The first-order chi connectivity index (χ1) is 11.9. The van der Waals surface area contributed by atoms with Gasteiger partial charge in [0.05, 0.1) is 25.4 Å². The van der Waals surface area contributed by atoms with Crippen molar-refractivity contribution in [1.29, 1.82) is 0 Å². The Balaban J connectivity index is 1.79. The van der Waals surface area contributed by atoms with Gasteiger partial charge in [0, 0.05) is 44.8 Å². The number of nitrogens with one attached hydrogen (secondary N) is 2. The first-order valence-electron chi connectivity index (χ1n) is 9.68. The van der Waals surface area contributed by atoms with E-state index in [4.69, 9.17) is 4.74 Å². The summed E-state index contributed by atoms with van der Waals surface area (Å²) in [5.74, 6) is 0.779. The second kappa shape index (κ2) is 9.71. The van der Waals surface area contributed by atoms with Crippen LogP contribution >= 0.6 is 0 Å². The van der Waals surface area contributed by atoms with Crippen LogP contribution in [0.15, 0.2) is 4.99 Å². The molecular formula is C18H37N5O2. The first kappa shape index (κ1) is 20.4. The molecule has 146 valence electrons. The maximum Gasteiger partial charge on any atom is 0.191 e. The van der Waals surface area contributed by atoms with Crippen LogP contribution in [0.1, 0.15) is 33.6 Å². The molecule has 3 N–H and O–H groups in total. The average molecular weight is 356 g/mol. The van der Waals surface area contributed by atoms with E-state index in [0.717, 1.165) is 51.4 Å². The highest BCUT2D eigenvalue weighted by molar-refractivity contribution is 5.79. The Hall–Kier alpha value is -0.890. The lowest BCUT2D eigenvalue weighted by atomic mass is 10.1. The Kier molecular flexibility index (Phi) is 7.93. The van der Waals surface area contributed by atoms with Crippen molar-refractivity contribution in [1.82, 2.24) is 20.4 Å². The summed E-state index contributed by atoms with van der Waals surface area (Å²) in [6.45, 7) is 12.1. The molecule has 0 spiro atoms. The lowest BCUT2D eigenvalue weighted by Crippen LogP contribution is -2.49. The number of β-amino-alcohol motifs (C(OH)–C–C–N with tert-alkyl or cyclic N) is 1. The van der Waals surface area contributed by atoms with Crippen molar-refractivity contribution in [3.05, 3.63) is 0 Å². The van der Waals surface area contributed by atoms with Gasteiger partial charge in [-0.3, -0.25) is 14.8 Å². The van der Waals surface area contributed by atoms with Gasteiger partial charge in [0.15, 0.2) is 5.96 Å². The van der Waals surface area contributed by atoms with E-state index < -0.39 is 5.60 Å². The maximum absolute atomic E-state index is 10.7. The van der Waals surface area contributed by atoms with Gasteiger partial charge in [0.2, 0.25) is 0 Å². The van der Waals surface area contributed by atoms with Crippen LogP contribution in [0.25, 0.3) is 0 Å². The maximum atomic E-state index is 10.7. The summed E-state index contributed by atoms with van der Waals surface area (Å²) in [5, 5.41) is 17.4. The van der Waals surface area contributed by atoms with Gasteiger partial charge < -0.3 is 20.5 Å². The predicted molar refractivity (Wildman–Crippen MR) is 102 cm³/mol. The molecule has 0 bridgehead atoms. The minimum atomic E-state index is -0.837. The van der Waals surface area contributed by atoms with Crippen molar-refractivity contribution in [3.8, 4) is 0 Å². The molecule has 1 aliphatic heterocycles. The minimum absolute atomic E-state index is 0.381. The van der Waals surface area contributed by atoms with Crippen LogP contribution in [0.3, 0.4) is 0 Å². The van der Waals surface area contributed by atoms with E-state index >= 15 is 0 Å². The highest BCUT2D eigenvalue weighted by Crippen LogP contribution is 2.26. The Morgan fingerprint density at radius 2 is 2.04 bits per heavy atom. The molecule has 2 rings (SSSR count). The summed E-state index contributed by atoms with van der Waals surface area (Å²) in [6, 6.07) is 1.22. The monoisotopic (exact) mass is 355 g/mol. The topological polar surface area (TPSA) is 72.4 Å². The molecule has 2 unspecified atom stereocenters. The first-order valence-corrected chi connectivity index (χ1v) is 9.68. The van der Waals surface area contributed by atoms with Crippen LogP contribution in [0.2, 0.25) is 0 Å². The van der Waals surface area contributed by atoms with Gasteiger partial charge >= 0.3 is 0 Å². The molecule has 0 aromatic rings. The zero-order valence-corrected chi connectivity index (χ0v) is 16.4. The molecule has 2 fully saturated rings. The second-order valence-electron chi connectivity index (χ2n) is 7.71. The molecule has 0 aromatic carbocycles. The zero-order chi connectivity index (χ0) is 18.3. The Morgan fingerprint density at radius 3 is 2.64 bits per heavy atom. The third kappa shape index (κ3) is 7.48. The molecule has 2 atom stereocenters. The largest absolute Gasteiger partial charge is 0.387 e. The van der Waals surface area contributed by atoms with Gasteiger partial charge in [-0.1, -0.05) is 0 Å². The summed E-state index contributed by atoms with van der Waals surface area (Å²) >= 11 is 0. The van der Waals surface area contributed by atoms with Crippen LogP contribution < -0.4 is 10.6 Å². The third-order valence-corrected chi connectivity index (χ3v) is 4.97. The Labute approximate surface area is 152 Å². The standard InChI is InChI=1S/C18H37N5O2/c1-5-19-17(20-12-15(2)22(4)16-6-7-16)21-13-18(3,24)14-23-8-10-25-11-9-23/h15-16,24H,5-14H2,1-4H3,(H2,19,20,21). The summed E-state index contributed by atoms with van der Waals surface area (Å²) in [4.78, 5) is 9.29. The van der Waals surface area contributed by atoms with E-state index in [-0.39, 0.29) is 0 Å². The number of nitrogens with zero attached hydrogens (tertiary/aromatic N) is 3. The van der Waals surface area contributed by atoms with Gasteiger partial charge in [-0.15, -0.1) is 0 Å². The number of aliphatic hydroxyl groups is 1. The van der Waals surface area contributed by atoms with Crippen LogP contribution in [-0.2, 0) is 4.74 Å². The van der Waals surface area contributed by atoms with Gasteiger partial charge in [-0.25, -0.2) is 0 Å². The van der Waals surface area contributed by atoms with Crippen molar-refractivity contribution in [3.63, 3.8) is 0 Å². The van der Waals surface area contributed by atoms with Gasteiger partial charge in [0.1, 0.15) is 0 Å². The Bertz CT molecular complexity index is 420. The van der Waals surface area contributed by atoms with Crippen LogP contribution in [0, 0.1) is 0 Å². The highest BCUT2D eigenvalue weighted by Gasteiger charge is 2.29. The van der Waals surface area contributed by atoms with E-state index in [1.165, 1.54) is 12.8 Å². The number of hydrogen-bond donors (Lipinski definition) is 3. The van der Waals surface area contributed by atoms with E-state index in [0.29, 0.717) is 19.1 Å². The number of aliphatic imine (C=N–C) groups is 1. The van der Waals surface area contributed by atoms with Crippen LogP contribution in [-0.4, -0.2) is 98.1 Å². The number of likely N-dealkylation sites (N-methyl/N-ethyl adjacent to an activating group) is 1. The molecule has 0 radical (unpaired) electrons. The SMILES string of the molecule is CCNC(=NCC(C)(O)CN1CCOCC1)NCC(C)N(C)C1CC1. The predicted octanol–water partition coefficient (Wildman–Crippen LogP) is 0.107. The van der Waals surface area contributed by atoms with E-state index in [1.807, 2.05) is 6.92 Å².